The summed E-state index contributed by atoms with van der Waals surface area (Å²) in [5.41, 5.74) is 1.10. The Balaban J connectivity index is 2.06. The topological polar surface area (TPSA) is 111 Å². The van der Waals surface area contributed by atoms with E-state index in [0.717, 1.165) is 12.1 Å². The summed E-state index contributed by atoms with van der Waals surface area (Å²) in [5.74, 6) is -2.68. The molecule has 2 aromatic carbocycles. The quantitative estimate of drug-likeness (QED) is 0.587. The first-order valence-electron chi connectivity index (χ1n) is 5.92. The molecular weight excluding hydrogens is 274 g/mol. The molecule has 0 fully saturated rings. The third kappa shape index (κ3) is 3.22. The van der Waals surface area contributed by atoms with Crippen molar-refractivity contribution in [1.82, 2.24) is 0 Å². The van der Waals surface area contributed by atoms with Crippen molar-refractivity contribution in [2.45, 2.75) is 6.61 Å². The van der Waals surface area contributed by atoms with Gasteiger partial charge in [-0.3, -0.25) is 0 Å². The van der Waals surface area contributed by atoms with Crippen molar-refractivity contribution >= 4 is 5.97 Å². The third-order valence-electron chi connectivity index (χ3n) is 2.76. The predicted molar refractivity (Wildman–Crippen MR) is 71.7 cm³/mol. The van der Waals surface area contributed by atoms with Gasteiger partial charge in [0.2, 0.25) is 0 Å². The lowest BCUT2D eigenvalue weighted by molar-refractivity contribution is 0.0471. The number of phenolic OH excluding ortho intramolecular Hbond substituents is 3. The van der Waals surface area contributed by atoms with Crippen LogP contribution in [0.1, 0.15) is 21.5 Å². The van der Waals surface area contributed by atoms with E-state index >= 15 is 0 Å². The Morgan fingerprint density at radius 2 is 1.67 bits per heavy atom. The zero-order valence-electron chi connectivity index (χ0n) is 10.8. The predicted octanol–water partition coefficient (Wildman–Crippen LogP) is 2.03. The van der Waals surface area contributed by atoms with Gasteiger partial charge in [0.1, 0.15) is 6.61 Å². The van der Waals surface area contributed by atoms with Crippen molar-refractivity contribution in [3.63, 3.8) is 0 Å². The van der Waals surface area contributed by atoms with Gasteiger partial charge in [-0.25, -0.2) is 4.79 Å². The van der Waals surface area contributed by atoms with Crippen LogP contribution in [0.3, 0.4) is 0 Å². The number of hydrogen-bond donors (Lipinski definition) is 3. The molecule has 0 heterocycles. The molecule has 0 aliphatic heterocycles. The van der Waals surface area contributed by atoms with Crippen LogP contribution < -0.4 is 0 Å². The molecule has 0 bridgehead atoms. The summed E-state index contributed by atoms with van der Waals surface area (Å²) in [7, 11) is 0. The van der Waals surface area contributed by atoms with Crippen molar-refractivity contribution in [3.05, 3.63) is 53.1 Å². The van der Waals surface area contributed by atoms with E-state index in [9.17, 15) is 20.1 Å². The zero-order valence-corrected chi connectivity index (χ0v) is 10.8. The Labute approximate surface area is 120 Å². The monoisotopic (exact) mass is 285 g/mol. The maximum absolute atomic E-state index is 11.8. The van der Waals surface area contributed by atoms with Gasteiger partial charge in [-0.1, -0.05) is 12.1 Å². The number of aromatic hydroxyl groups is 3. The molecule has 21 heavy (non-hydrogen) atoms. The fourth-order valence-corrected chi connectivity index (χ4v) is 1.63. The average Bonchev–Trinajstić information content (AvgIpc) is 2.50. The number of benzene rings is 2. The third-order valence-corrected chi connectivity index (χ3v) is 2.76. The highest BCUT2D eigenvalue weighted by Gasteiger charge is 2.14. The van der Waals surface area contributed by atoms with E-state index < -0.39 is 23.2 Å². The molecule has 0 aromatic heterocycles. The highest BCUT2D eigenvalue weighted by atomic mass is 16.5. The number of ether oxygens (including phenoxy) is 1. The molecule has 6 heteroatoms. The molecule has 3 N–H and O–H groups in total. The van der Waals surface area contributed by atoms with Crippen LogP contribution in [0.5, 0.6) is 17.2 Å². The first kappa shape index (κ1) is 14.2. The van der Waals surface area contributed by atoms with Crippen LogP contribution in [0.2, 0.25) is 0 Å². The van der Waals surface area contributed by atoms with Gasteiger partial charge in [-0.2, -0.15) is 5.26 Å². The number of phenols is 3. The number of carbonyl (C=O) groups is 1. The van der Waals surface area contributed by atoms with Gasteiger partial charge in [-0.05, 0) is 29.8 Å². The normalized spacial score (nSPS) is 9.86. The van der Waals surface area contributed by atoms with Crippen LogP contribution in [0, 0.1) is 11.3 Å². The lowest BCUT2D eigenvalue weighted by Gasteiger charge is -2.07. The van der Waals surface area contributed by atoms with Crippen molar-refractivity contribution in [2.24, 2.45) is 0 Å². The van der Waals surface area contributed by atoms with Crippen LogP contribution in [0.15, 0.2) is 36.4 Å². The molecule has 2 rings (SSSR count). The molecule has 0 saturated carbocycles. The number of nitrogens with zero attached hydrogens (tertiary/aromatic N) is 1. The van der Waals surface area contributed by atoms with Gasteiger partial charge < -0.3 is 20.1 Å². The smallest absolute Gasteiger partial charge is 0.338 e. The van der Waals surface area contributed by atoms with E-state index in [0.29, 0.717) is 11.1 Å². The highest BCUT2D eigenvalue weighted by Crippen LogP contribution is 2.35. The van der Waals surface area contributed by atoms with E-state index in [1.54, 1.807) is 24.3 Å². The number of nitriles is 1. The summed E-state index contributed by atoms with van der Waals surface area (Å²) < 4.78 is 5.01. The first-order chi connectivity index (χ1) is 10.0. The minimum Gasteiger partial charge on any atom is -0.504 e. The average molecular weight is 285 g/mol. The standard InChI is InChI=1S/C15H11NO5/c16-7-9-1-3-10(4-2-9)8-21-15(20)11-5-12(17)14(19)13(18)6-11/h1-6,17-19H,8H2. The fraction of sp³-hybridized carbons (Fsp3) is 0.0667. The van der Waals surface area contributed by atoms with E-state index in [2.05, 4.69) is 0 Å². The maximum atomic E-state index is 11.8. The summed E-state index contributed by atoms with van der Waals surface area (Å²) in [6, 6.07) is 10.5. The largest absolute Gasteiger partial charge is 0.504 e. The number of esters is 1. The molecule has 0 aliphatic rings. The lowest BCUT2D eigenvalue weighted by Crippen LogP contribution is -2.05. The van der Waals surface area contributed by atoms with Gasteiger partial charge >= 0.3 is 5.97 Å². The second-order valence-electron chi connectivity index (χ2n) is 4.25. The summed E-state index contributed by atoms with van der Waals surface area (Å²) >= 11 is 0. The first-order valence-corrected chi connectivity index (χ1v) is 5.92. The van der Waals surface area contributed by atoms with Crippen molar-refractivity contribution in [1.29, 1.82) is 5.26 Å². The van der Waals surface area contributed by atoms with Crippen LogP contribution in [0.25, 0.3) is 0 Å². The molecule has 0 aliphatic carbocycles. The molecule has 6 nitrogen and oxygen atoms in total. The van der Waals surface area contributed by atoms with E-state index in [1.165, 1.54) is 0 Å². The van der Waals surface area contributed by atoms with Gasteiger partial charge in [0.05, 0.1) is 17.2 Å². The van der Waals surface area contributed by atoms with Gasteiger partial charge in [0.15, 0.2) is 17.2 Å². The Hall–Kier alpha value is -3.20. The molecule has 0 saturated heterocycles. The molecule has 0 spiro atoms. The molecule has 0 amide bonds. The molecule has 106 valence electrons. The highest BCUT2D eigenvalue weighted by molar-refractivity contribution is 5.91. The van der Waals surface area contributed by atoms with Gasteiger partial charge in [0.25, 0.3) is 0 Å². The van der Waals surface area contributed by atoms with Crippen LogP contribution in [-0.2, 0) is 11.3 Å². The Morgan fingerprint density at radius 3 is 2.19 bits per heavy atom. The molecule has 2 aromatic rings. The van der Waals surface area contributed by atoms with E-state index in [-0.39, 0.29) is 12.2 Å². The van der Waals surface area contributed by atoms with Crippen LogP contribution in [-0.4, -0.2) is 21.3 Å². The van der Waals surface area contributed by atoms with Crippen molar-refractivity contribution in [2.75, 3.05) is 0 Å². The number of hydrogen-bond acceptors (Lipinski definition) is 6. The van der Waals surface area contributed by atoms with E-state index in [1.807, 2.05) is 6.07 Å². The van der Waals surface area contributed by atoms with Crippen molar-refractivity contribution < 1.29 is 24.9 Å². The van der Waals surface area contributed by atoms with E-state index in [4.69, 9.17) is 10.00 Å². The van der Waals surface area contributed by atoms with Crippen LogP contribution in [0.4, 0.5) is 0 Å². The Kier molecular flexibility index (Phi) is 3.95. The summed E-state index contributed by atoms with van der Waals surface area (Å²) in [4.78, 5) is 11.8. The maximum Gasteiger partial charge on any atom is 0.338 e. The van der Waals surface area contributed by atoms with Gasteiger partial charge in [-0.15, -0.1) is 0 Å². The number of carbonyl (C=O) groups excluding carboxylic acids is 1. The second kappa shape index (κ2) is 5.84. The Morgan fingerprint density at radius 1 is 1.10 bits per heavy atom. The Bertz CT molecular complexity index is 693. The lowest BCUT2D eigenvalue weighted by atomic mass is 10.1. The zero-order chi connectivity index (χ0) is 15.4. The molecule has 0 unspecified atom stereocenters. The van der Waals surface area contributed by atoms with Crippen LogP contribution >= 0.6 is 0 Å². The fourth-order valence-electron chi connectivity index (χ4n) is 1.63. The molecule has 0 atom stereocenters. The SMILES string of the molecule is N#Cc1ccc(COC(=O)c2cc(O)c(O)c(O)c2)cc1. The summed E-state index contributed by atoms with van der Waals surface area (Å²) in [6.45, 7) is -0.0209. The van der Waals surface area contributed by atoms with Gasteiger partial charge in [0, 0.05) is 0 Å². The summed E-state index contributed by atoms with van der Waals surface area (Å²) in [6.07, 6.45) is 0. The number of rotatable bonds is 3. The second-order valence-corrected chi connectivity index (χ2v) is 4.25. The minimum absolute atomic E-state index is 0.0209. The minimum atomic E-state index is -0.759. The summed E-state index contributed by atoms with van der Waals surface area (Å²) in [5, 5.41) is 36.5. The van der Waals surface area contributed by atoms with Crippen molar-refractivity contribution in [3.8, 4) is 23.3 Å². The molecular formula is C15H11NO5. The molecule has 0 radical (unpaired) electrons.